The molecule has 0 fully saturated rings. The molecular weight excluding hydrogens is 346 g/mol. The molecule has 0 heterocycles. The number of nitrogens with one attached hydrogen (secondary N) is 2. The minimum atomic E-state index is -0.337. The lowest BCUT2D eigenvalue weighted by Crippen LogP contribution is -2.44. The summed E-state index contributed by atoms with van der Waals surface area (Å²) in [5.74, 6) is -0.484. The number of likely N-dealkylation sites (N-methyl/N-ethyl adjacent to an activating group) is 1. The highest BCUT2D eigenvalue weighted by Gasteiger charge is 2.20. The Bertz CT molecular complexity index is 590. The number of hydrogen-bond acceptors (Lipinski definition) is 5. The van der Waals surface area contributed by atoms with Crippen LogP contribution in [-0.2, 0) is 25.7 Å². The van der Waals surface area contributed by atoms with Crippen molar-refractivity contribution in [2.75, 3.05) is 27.2 Å². The summed E-state index contributed by atoms with van der Waals surface area (Å²) >= 11 is 0. The number of carbonyl (C=O) groups excluding carboxylic acids is 3. The van der Waals surface area contributed by atoms with Crippen LogP contribution < -0.4 is 10.6 Å². The molecule has 1 aromatic rings. The zero-order valence-electron chi connectivity index (χ0n) is 16.5. The van der Waals surface area contributed by atoms with Crippen LogP contribution in [0.5, 0.6) is 0 Å². The second kappa shape index (κ2) is 12.9. The standard InChI is InChI=1S/C20H31N3O4/c1-16(24)21-13-8-7-11-18(23(2)3)20(26)22-14-12-19(25)27-15-17-9-5-4-6-10-17/h4-6,9-10,18H,7-8,11-15H2,1-3H3,(H,21,24)(H,22,26). The van der Waals surface area contributed by atoms with Crippen molar-refractivity contribution in [1.29, 1.82) is 0 Å². The summed E-state index contributed by atoms with van der Waals surface area (Å²) in [4.78, 5) is 36.8. The van der Waals surface area contributed by atoms with E-state index in [4.69, 9.17) is 4.74 Å². The summed E-state index contributed by atoms with van der Waals surface area (Å²) in [5, 5.41) is 5.54. The Balaban J connectivity index is 2.24. The van der Waals surface area contributed by atoms with Crippen LogP contribution in [0.1, 0.15) is 38.2 Å². The van der Waals surface area contributed by atoms with Crippen molar-refractivity contribution in [3.05, 3.63) is 35.9 Å². The Morgan fingerprint density at radius 3 is 2.37 bits per heavy atom. The molecule has 0 aromatic heterocycles. The molecule has 0 aliphatic rings. The molecular formula is C20H31N3O4. The number of carbonyl (C=O) groups is 3. The molecule has 0 spiro atoms. The molecule has 0 bridgehead atoms. The molecule has 150 valence electrons. The molecule has 0 aliphatic carbocycles. The van der Waals surface area contributed by atoms with E-state index in [2.05, 4.69) is 10.6 Å². The van der Waals surface area contributed by atoms with Gasteiger partial charge in [0.25, 0.3) is 0 Å². The zero-order chi connectivity index (χ0) is 20.1. The molecule has 0 radical (unpaired) electrons. The quantitative estimate of drug-likeness (QED) is 0.425. The van der Waals surface area contributed by atoms with Crippen molar-refractivity contribution in [2.45, 2.75) is 45.3 Å². The average Bonchev–Trinajstić information content (AvgIpc) is 2.63. The largest absolute Gasteiger partial charge is 0.461 e. The SMILES string of the molecule is CC(=O)NCCCCC(C(=O)NCCC(=O)OCc1ccccc1)N(C)C. The first-order valence-electron chi connectivity index (χ1n) is 9.28. The minimum absolute atomic E-state index is 0.0453. The maximum absolute atomic E-state index is 12.3. The van der Waals surface area contributed by atoms with E-state index in [0.29, 0.717) is 13.0 Å². The van der Waals surface area contributed by atoms with Gasteiger partial charge in [-0.15, -0.1) is 0 Å². The van der Waals surface area contributed by atoms with Gasteiger partial charge >= 0.3 is 5.97 Å². The van der Waals surface area contributed by atoms with Gasteiger partial charge in [0.2, 0.25) is 11.8 Å². The third kappa shape index (κ3) is 10.4. The summed E-state index contributed by atoms with van der Waals surface area (Å²) in [6.45, 7) is 2.59. The highest BCUT2D eigenvalue weighted by atomic mass is 16.5. The van der Waals surface area contributed by atoms with Gasteiger partial charge in [0.1, 0.15) is 6.61 Å². The molecule has 0 saturated heterocycles. The Labute approximate surface area is 161 Å². The van der Waals surface area contributed by atoms with Crippen molar-refractivity contribution >= 4 is 17.8 Å². The van der Waals surface area contributed by atoms with E-state index in [-0.39, 0.29) is 43.4 Å². The number of esters is 1. The average molecular weight is 377 g/mol. The first kappa shape index (κ1) is 22.6. The van der Waals surface area contributed by atoms with Crippen molar-refractivity contribution < 1.29 is 19.1 Å². The summed E-state index contributed by atoms with van der Waals surface area (Å²) in [6.07, 6.45) is 2.48. The van der Waals surface area contributed by atoms with E-state index in [1.807, 2.05) is 49.3 Å². The smallest absolute Gasteiger partial charge is 0.307 e. The molecule has 0 aliphatic heterocycles. The summed E-state index contributed by atoms with van der Waals surface area (Å²) in [5.41, 5.74) is 0.932. The number of hydrogen-bond donors (Lipinski definition) is 2. The molecule has 0 saturated carbocycles. The summed E-state index contributed by atoms with van der Waals surface area (Å²) in [7, 11) is 3.71. The van der Waals surface area contributed by atoms with Crippen molar-refractivity contribution in [2.24, 2.45) is 0 Å². The highest BCUT2D eigenvalue weighted by Crippen LogP contribution is 2.06. The van der Waals surface area contributed by atoms with Crippen LogP contribution in [0.2, 0.25) is 0 Å². The van der Waals surface area contributed by atoms with Gasteiger partial charge in [0.15, 0.2) is 0 Å². The van der Waals surface area contributed by atoms with Gasteiger partial charge in [-0.3, -0.25) is 19.3 Å². The molecule has 1 rings (SSSR count). The van der Waals surface area contributed by atoms with Gasteiger partial charge in [-0.1, -0.05) is 30.3 Å². The number of nitrogens with zero attached hydrogens (tertiary/aromatic N) is 1. The van der Waals surface area contributed by atoms with Crippen LogP contribution in [0.3, 0.4) is 0 Å². The molecule has 7 heteroatoms. The van der Waals surface area contributed by atoms with Crippen LogP contribution in [0.25, 0.3) is 0 Å². The van der Waals surface area contributed by atoms with E-state index >= 15 is 0 Å². The molecule has 2 amide bonds. The van der Waals surface area contributed by atoms with Crippen LogP contribution in [-0.4, -0.2) is 55.9 Å². The van der Waals surface area contributed by atoms with Crippen molar-refractivity contribution in [1.82, 2.24) is 15.5 Å². The Hall–Kier alpha value is -2.41. The highest BCUT2D eigenvalue weighted by molar-refractivity contribution is 5.82. The van der Waals surface area contributed by atoms with E-state index in [9.17, 15) is 14.4 Å². The third-order valence-corrected chi connectivity index (χ3v) is 4.08. The van der Waals surface area contributed by atoms with Gasteiger partial charge in [-0.25, -0.2) is 0 Å². The van der Waals surface area contributed by atoms with Crippen LogP contribution in [0.4, 0.5) is 0 Å². The molecule has 2 N–H and O–H groups in total. The molecule has 27 heavy (non-hydrogen) atoms. The van der Waals surface area contributed by atoms with Crippen LogP contribution in [0.15, 0.2) is 30.3 Å². The number of unbranched alkanes of at least 4 members (excludes halogenated alkanes) is 1. The fraction of sp³-hybridized carbons (Fsp3) is 0.550. The fourth-order valence-electron chi connectivity index (χ4n) is 2.57. The normalized spacial score (nSPS) is 11.7. The van der Waals surface area contributed by atoms with E-state index in [0.717, 1.165) is 18.4 Å². The third-order valence-electron chi connectivity index (χ3n) is 4.08. The summed E-state index contributed by atoms with van der Waals surface area (Å²) in [6, 6.07) is 9.21. The Kier molecular flexibility index (Phi) is 10.8. The van der Waals surface area contributed by atoms with Crippen molar-refractivity contribution in [3.8, 4) is 0 Å². The second-order valence-electron chi connectivity index (χ2n) is 6.65. The topological polar surface area (TPSA) is 87.7 Å². The number of amides is 2. The van der Waals surface area contributed by atoms with Crippen LogP contribution >= 0.6 is 0 Å². The molecule has 1 aromatic carbocycles. The van der Waals surface area contributed by atoms with Crippen molar-refractivity contribution in [3.63, 3.8) is 0 Å². The number of rotatable bonds is 12. The molecule has 1 unspecified atom stereocenters. The second-order valence-corrected chi connectivity index (χ2v) is 6.65. The van der Waals surface area contributed by atoms with Gasteiger partial charge in [0, 0.05) is 20.0 Å². The lowest BCUT2D eigenvalue weighted by molar-refractivity contribution is -0.144. The predicted octanol–water partition coefficient (Wildman–Crippen LogP) is 1.47. The van der Waals surface area contributed by atoms with Gasteiger partial charge in [0.05, 0.1) is 12.5 Å². The first-order valence-corrected chi connectivity index (χ1v) is 9.28. The lowest BCUT2D eigenvalue weighted by Gasteiger charge is -2.23. The van der Waals surface area contributed by atoms with Gasteiger partial charge in [-0.2, -0.15) is 0 Å². The monoisotopic (exact) mass is 377 g/mol. The van der Waals surface area contributed by atoms with E-state index < -0.39 is 0 Å². The minimum Gasteiger partial charge on any atom is -0.461 e. The predicted molar refractivity (Wildman–Crippen MR) is 104 cm³/mol. The summed E-state index contributed by atoms with van der Waals surface area (Å²) < 4.78 is 5.19. The zero-order valence-corrected chi connectivity index (χ0v) is 16.5. The first-order chi connectivity index (χ1) is 12.9. The molecule has 1 atom stereocenters. The van der Waals surface area contributed by atoms with Gasteiger partial charge < -0.3 is 15.4 Å². The lowest BCUT2D eigenvalue weighted by atomic mass is 10.1. The van der Waals surface area contributed by atoms with Gasteiger partial charge in [-0.05, 0) is 38.9 Å². The van der Waals surface area contributed by atoms with E-state index in [1.165, 1.54) is 6.92 Å². The van der Waals surface area contributed by atoms with E-state index in [1.54, 1.807) is 0 Å². The number of ether oxygens (including phenoxy) is 1. The maximum atomic E-state index is 12.3. The van der Waals surface area contributed by atoms with Crippen LogP contribution in [0, 0.1) is 0 Å². The number of benzene rings is 1. The fourth-order valence-corrected chi connectivity index (χ4v) is 2.57. The molecule has 7 nitrogen and oxygen atoms in total. The Morgan fingerprint density at radius 1 is 1.04 bits per heavy atom. The maximum Gasteiger partial charge on any atom is 0.307 e. The Morgan fingerprint density at radius 2 is 1.74 bits per heavy atom.